The first kappa shape index (κ1) is 21.6. The van der Waals surface area contributed by atoms with E-state index in [1.54, 1.807) is 0 Å². The number of hydrogen-bond donors (Lipinski definition) is 1. The fourth-order valence-electron chi connectivity index (χ4n) is 5.21. The van der Waals surface area contributed by atoms with Crippen molar-refractivity contribution in [2.45, 2.75) is 57.2 Å². The summed E-state index contributed by atoms with van der Waals surface area (Å²) in [5, 5.41) is 3.44. The van der Waals surface area contributed by atoms with E-state index in [9.17, 15) is 4.79 Å². The third-order valence-corrected chi connectivity index (χ3v) is 7.01. The second-order valence-corrected chi connectivity index (χ2v) is 9.06. The maximum Gasteiger partial charge on any atom is 0.410 e. The highest BCUT2D eigenvalue weighted by atomic mass is 16.6. The van der Waals surface area contributed by atoms with Crippen molar-refractivity contribution in [2.24, 2.45) is 0 Å². The zero-order chi connectivity index (χ0) is 20.6. The highest BCUT2D eigenvalue weighted by Crippen LogP contribution is 2.21. The van der Waals surface area contributed by atoms with Gasteiger partial charge in [-0.15, -0.1) is 0 Å². The number of ether oxygens (including phenoxy) is 1. The Labute approximate surface area is 181 Å². The molecule has 4 aliphatic rings. The summed E-state index contributed by atoms with van der Waals surface area (Å²) in [4.78, 5) is 19.2. The number of piperidine rings is 2. The molecule has 1 amide bonds. The topological polar surface area (TPSA) is 48.1 Å². The van der Waals surface area contributed by atoms with Crippen molar-refractivity contribution in [1.82, 2.24) is 20.0 Å². The first-order chi connectivity index (χ1) is 14.8. The monoisotopic (exact) mass is 414 g/mol. The summed E-state index contributed by atoms with van der Waals surface area (Å²) in [5.74, 6) is 0. The number of nitrogens with zero attached hydrogens (tertiary/aromatic N) is 3. The first-order valence-electron chi connectivity index (χ1n) is 11.9. The van der Waals surface area contributed by atoms with Crippen molar-refractivity contribution in [3.05, 3.63) is 35.9 Å². The van der Waals surface area contributed by atoms with Gasteiger partial charge in [0.1, 0.15) is 6.61 Å². The maximum absolute atomic E-state index is 12.1. The first-order valence-corrected chi connectivity index (χ1v) is 11.9. The molecule has 1 aromatic rings. The van der Waals surface area contributed by atoms with Crippen molar-refractivity contribution >= 4 is 6.09 Å². The Hall–Kier alpha value is -1.63. The van der Waals surface area contributed by atoms with Crippen LogP contribution in [-0.4, -0.2) is 85.2 Å². The number of piperazine rings is 2. The molecule has 166 valence electrons. The molecule has 5 rings (SSSR count). The summed E-state index contributed by atoms with van der Waals surface area (Å²) in [7, 11) is 0. The molecule has 2 atom stereocenters. The zero-order valence-corrected chi connectivity index (χ0v) is 18.3. The van der Waals surface area contributed by atoms with Gasteiger partial charge in [-0.1, -0.05) is 43.2 Å². The molecule has 4 saturated heterocycles. The fourth-order valence-corrected chi connectivity index (χ4v) is 5.21. The minimum Gasteiger partial charge on any atom is -0.445 e. The molecule has 6 heteroatoms. The van der Waals surface area contributed by atoms with Crippen LogP contribution in [0, 0.1) is 0 Å². The molecule has 30 heavy (non-hydrogen) atoms. The molecule has 4 aliphatic heterocycles. The van der Waals surface area contributed by atoms with Crippen LogP contribution in [0.1, 0.15) is 44.1 Å². The molecule has 0 saturated carbocycles. The Morgan fingerprint density at radius 2 is 1.63 bits per heavy atom. The predicted molar refractivity (Wildman–Crippen MR) is 119 cm³/mol. The van der Waals surface area contributed by atoms with Crippen LogP contribution < -0.4 is 5.32 Å². The van der Waals surface area contributed by atoms with Crippen molar-refractivity contribution < 1.29 is 9.53 Å². The van der Waals surface area contributed by atoms with E-state index in [-0.39, 0.29) is 6.09 Å². The summed E-state index contributed by atoms with van der Waals surface area (Å²) in [6.45, 7) is 9.25. The third-order valence-electron chi connectivity index (χ3n) is 7.01. The lowest BCUT2D eigenvalue weighted by Crippen LogP contribution is -2.56. The quantitative estimate of drug-likeness (QED) is 0.806. The van der Waals surface area contributed by atoms with Gasteiger partial charge in [-0.25, -0.2) is 4.79 Å². The Balaban J connectivity index is 0.000000181. The van der Waals surface area contributed by atoms with Crippen LogP contribution in [0.25, 0.3) is 0 Å². The number of nitrogens with one attached hydrogen (secondary N) is 1. The summed E-state index contributed by atoms with van der Waals surface area (Å²) in [6.07, 6.45) is 7.93. The summed E-state index contributed by atoms with van der Waals surface area (Å²) < 4.78 is 5.42. The summed E-state index contributed by atoms with van der Waals surface area (Å²) in [6, 6.07) is 11.3. The normalized spacial score (nSPS) is 27.3. The van der Waals surface area contributed by atoms with Crippen LogP contribution in [0.5, 0.6) is 0 Å². The molecule has 4 heterocycles. The van der Waals surface area contributed by atoms with Gasteiger partial charge < -0.3 is 15.0 Å². The number of benzene rings is 1. The molecule has 1 N–H and O–H groups in total. The molecule has 0 aromatic heterocycles. The van der Waals surface area contributed by atoms with E-state index >= 15 is 0 Å². The van der Waals surface area contributed by atoms with Gasteiger partial charge in [0.15, 0.2) is 0 Å². The minimum absolute atomic E-state index is 0.168. The number of carbonyl (C=O) groups excluding carboxylic acids is 1. The number of carbonyl (C=O) groups is 1. The Morgan fingerprint density at radius 1 is 0.900 bits per heavy atom. The average Bonchev–Trinajstić information content (AvgIpc) is 2.83. The largest absolute Gasteiger partial charge is 0.445 e. The lowest BCUT2D eigenvalue weighted by molar-refractivity contribution is 0.0331. The van der Waals surface area contributed by atoms with E-state index in [0.29, 0.717) is 12.6 Å². The van der Waals surface area contributed by atoms with Crippen LogP contribution in [0.15, 0.2) is 30.3 Å². The van der Waals surface area contributed by atoms with Gasteiger partial charge in [-0.05, 0) is 44.3 Å². The molecule has 0 spiro atoms. The standard InChI is InChI=1S/C16H22N2O2.C8H16N2/c19-16(20-13-14-6-2-1-3-7-14)18-11-10-17-9-5-4-8-15(17)12-18;1-2-5-10-6-4-9-7-8(10)3-1/h1-3,6-7,15H,4-5,8-13H2;8-9H,1-7H2/t15-;8-/m11/s1. The molecule has 0 radical (unpaired) electrons. The van der Waals surface area contributed by atoms with Crippen molar-refractivity contribution in [3.63, 3.8) is 0 Å². The van der Waals surface area contributed by atoms with Crippen molar-refractivity contribution in [3.8, 4) is 0 Å². The average molecular weight is 415 g/mol. The number of hydrogen-bond acceptors (Lipinski definition) is 5. The molecular formula is C24H38N4O2. The molecule has 6 nitrogen and oxygen atoms in total. The van der Waals surface area contributed by atoms with Crippen molar-refractivity contribution in [2.75, 3.05) is 52.4 Å². The van der Waals surface area contributed by atoms with Crippen LogP contribution in [0.4, 0.5) is 4.79 Å². The Kier molecular flexibility index (Phi) is 8.01. The maximum atomic E-state index is 12.1. The summed E-state index contributed by atoms with van der Waals surface area (Å²) in [5.41, 5.74) is 1.04. The van der Waals surface area contributed by atoms with Gasteiger partial charge in [0, 0.05) is 51.4 Å². The number of amides is 1. The molecule has 0 unspecified atom stereocenters. The van der Waals surface area contributed by atoms with E-state index in [1.165, 1.54) is 71.2 Å². The number of fused-ring (bicyclic) bond motifs is 2. The van der Waals surface area contributed by atoms with Gasteiger partial charge in [-0.2, -0.15) is 0 Å². The van der Waals surface area contributed by atoms with Gasteiger partial charge in [0.2, 0.25) is 0 Å². The second-order valence-electron chi connectivity index (χ2n) is 9.06. The second kappa shape index (κ2) is 11.1. The third kappa shape index (κ3) is 5.96. The lowest BCUT2D eigenvalue weighted by atomic mass is 10.00. The number of rotatable bonds is 2. The van der Waals surface area contributed by atoms with Gasteiger partial charge in [-0.3, -0.25) is 9.80 Å². The summed E-state index contributed by atoms with van der Waals surface area (Å²) >= 11 is 0. The van der Waals surface area contributed by atoms with Gasteiger partial charge in [0.05, 0.1) is 0 Å². The molecule has 0 bridgehead atoms. The SMILES string of the molecule is C1CCN2CCNC[C@H]2C1.O=C(OCc1ccccc1)N1CCN2CCCC[C@@H]2C1. The molecular weight excluding hydrogens is 376 g/mol. The Morgan fingerprint density at radius 3 is 2.40 bits per heavy atom. The van der Waals surface area contributed by atoms with Crippen molar-refractivity contribution in [1.29, 1.82) is 0 Å². The lowest BCUT2D eigenvalue weighted by Gasteiger charge is -2.43. The van der Waals surface area contributed by atoms with E-state index < -0.39 is 0 Å². The fraction of sp³-hybridized carbons (Fsp3) is 0.708. The highest BCUT2D eigenvalue weighted by Gasteiger charge is 2.31. The minimum atomic E-state index is -0.168. The Bertz CT molecular complexity index is 630. The van der Waals surface area contributed by atoms with Crippen LogP contribution >= 0.6 is 0 Å². The van der Waals surface area contributed by atoms with E-state index in [0.717, 1.165) is 31.2 Å². The van der Waals surface area contributed by atoms with E-state index in [2.05, 4.69) is 15.1 Å². The zero-order valence-electron chi connectivity index (χ0n) is 18.3. The van der Waals surface area contributed by atoms with E-state index in [1.807, 2.05) is 35.2 Å². The van der Waals surface area contributed by atoms with Gasteiger partial charge in [0.25, 0.3) is 0 Å². The van der Waals surface area contributed by atoms with E-state index in [4.69, 9.17) is 4.74 Å². The van der Waals surface area contributed by atoms with Crippen LogP contribution in [-0.2, 0) is 11.3 Å². The van der Waals surface area contributed by atoms with Crippen LogP contribution in [0.3, 0.4) is 0 Å². The molecule has 1 aromatic carbocycles. The highest BCUT2D eigenvalue weighted by molar-refractivity contribution is 5.67. The molecule has 0 aliphatic carbocycles. The molecule has 4 fully saturated rings. The van der Waals surface area contributed by atoms with Gasteiger partial charge >= 0.3 is 6.09 Å². The predicted octanol–water partition coefficient (Wildman–Crippen LogP) is 2.94. The van der Waals surface area contributed by atoms with Crippen LogP contribution in [0.2, 0.25) is 0 Å². The smallest absolute Gasteiger partial charge is 0.410 e.